The van der Waals surface area contributed by atoms with Crippen molar-refractivity contribution in [1.82, 2.24) is 0 Å². The van der Waals surface area contributed by atoms with Gasteiger partial charge in [-0.2, -0.15) is 0 Å². The van der Waals surface area contributed by atoms with Crippen LogP contribution in [0, 0.1) is 13.8 Å². The molecule has 2 rings (SSSR count). The van der Waals surface area contributed by atoms with Crippen LogP contribution >= 0.6 is 63.7 Å². The molecule has 0 aromatic heterocycles. The molecule has 0 aliphatic rings. The molecule has 0 spiro atoms. The molecule has 0 heterocycles. The Morgan fingerprint density at radius 2 is 1.53 bits per heavy atom. The first kappa shape index (κ1) is 15.5. The molecule has 1 nitrogen and oxygen atoms in total. The Balaban J connectivity index is 2.48. The topological polar surface area (TPSA) is 9.23 Å². The maximum Gasteiger partial charge on any atom is 0.144 e. The molecule has 0 saturated carbocycles. The zero-order chi connectivity index (χ0) is 14.2. The smallest absolute Gasteiger partial charge is 0.144 e. The molecular weight excluding hydrogens is 504 g/mol. The van der Waals surface area contributed by atoms with E-state index in [0.717, 1.165) is 35.0 Å². The fourth-order valence-electron chi connectivity index (χ4n) is 1.75. The van der Waals surface area contributed by atoms with Crippen molar-refractivity contribution in [1.29, 1.82) is 0 Å². The van der Waals surface area contributed by atoms with E-state index in [-0.39, 0.29) is 0 Å². The molecule has 100 valence electrons. The minimum Gasteiger partial charge on any atom is -0.455 e. The molecule has 0 aliphatic carbocycles. The van der Waals surface area contributed by atoms with Gasteiger partial charge in [-0.25, -0.2) is 0 Å². The third kappa shape index (κ3) is 3.63. The third-order valence-electron chi connectivity index (χ3n) is 2.55. The molecule has 2 aromatic carbocycles. The standard InChI is InChI=1S/C14H10Br4O/c1-7-3-8(2)14(11(17)4-7)19-12-6-9(15)5-10(16)13(12)18/h3-6H,1-2H3. The van der Waals surface area contributed by atoms with E-state index in [1.165, 1.54) is 5.56 Å². The van der Waals surface area contributed by atoms with Gasteiger partial charge in [-0.1, -0.05) is 22.0 Å². The number of benzene rings is 2. The van der Waals surface area contributed by atoms with Crippen molar-refractivity contribution in [3.05, 3.63) is 53.3 Å². The summed E-state index contributed by atoms with van der Waals surface area (Å²) in [4.78, 5) is 0. The summed E-state index contributed by atoms with van der Waals surface area (Å²) in [7, 11) is 0. The summed E-state index contributed by atoms with van der Waals surface area (Å²) < 4.78 is 9.78. The number of ether oxygens (including phenoxy) is 1. The maximum atomic E-state index is 6.03. The first-order valence-electron chi connectivity index (χ1n) is 5.47. The second-order valence-corrected chi connectivity index (χ2v) is 7.61. The van der Waals surface area contributed by atoms with Crippen LogP contribution in [0.25, 0.3) is 0 Å². The largest absolute Gasteiger partial charge is 0.455 e. The Hall–Kier alpha value is 0.160. The van der Waals surface area contributed by atoms with Crippen molar-refractivity contribution in [2.24, 2.45) is 0 Å². The number of halogens is 4. The lowest BCUT2D eigenvalue weighted by atomic mass is 10.1. The van der Waals surface area contributed by atoms with Crippen LogP contribution in [0.4, 0.5) is 0 Å². The van der Waals surface area contributed by atoms with Gasteiger partial charge in [-0.15, -0.1) is 0 Å². The van der Waals surface area contributed by atoms with Crippen LogP contribution in [0.3, 0.4) is 0 Å². The van der Waals surface area contributed by atoms with Gasteiger partial charge in [0.25, 0.3) is 0 Å². The molecule has 0 amide bonds. The molecular formula is C14H10Br4O. The SMILES string of the molecule is Cc1cc(C)c(Oc2cc(Br)cc(Br)c2Br)c(Br)c1. The van der Waals surface area contributed by atoms with Crippen LogP contribution < -0.4 is 4.74 Å². The van der Waals surface area contributed by atoms with Crippen LogP contribution in [-0.4, -0.2) is 0 Å². The molecule has 0 N–H and O–H groups in total. The summed E-state index contributed by atoms with van der Waals surface area (Å²) in [5.41, 5.74) is 2.29. The Morgan fingerprint density at radius 1 is 0.842 bits per heavy atom. The monoisotopic (exact) mass is 510 g/mol. The highest BCUT2D eigenvalue weighted by atomic mass is 79.9. The summed E-state index contributed by atoms with van der Waals surface area (Å²) in [6.45, 7) is 4.10. The molecule has 2 aromatic rings. The lowest BCUT2D eigenvalue weighted by molar-refractivity contribution is 0.472. The van der Waals surface area contributed by atoms with Crippen molar-refractivity contribution < 1.29 is 4.74 Å². The van der Waals surface area contributed by atoms with E-state index >= 15 is 0 Å². The van der Waals surface area contributed by atoms with E-state index in [4.69, 9.17) is 4.74 Å². The number of hydrogen-bond acceptors (Lipinski definition) is 1. The van der Waals surface area contributed by atoms with Gasteiger partial charge < -0.3 is 4.74 Å². The predicted molar refractivity (Wildman–Crippen MR) is 93.2 cm³/mol. The maximum absolute atomic E-state index is 6.03. The van der Waals surface area contributed by atoms with Crippen molar-refractivity contribution in [2.75, 3.05) is 0 Å². The lowest BCUT2D eigenvalue weighted by Gasteiger charge is -2.14. The van der Waals surface area contributed by atoms with Crippen LogP contribution in [0.2, 0.25) is 0 Å². The molecule has 0 unspecified atom stereocenters. The van der Waals surface area contributed by atoms with E-state index in [1.807, 2.05) is 25.1 Å². The minimum atomic E-state index is 0.758. The van der Waals surface area contributed by atoms with Crippen molar-refractivity contribution in [2.45, 2.75) is 13.8 Å². The van der Waals surface area contributed by atoms with E-state index in [0.29, 0.717) is 0 Å². The molecule has 0 radical (unpaired) electrons. The fraction of sp³-hybridized carbons (Fsp3) is 0.143. The Labute approximate surface area is 146 Å². The lowest BCUT2D eigenvalue weighted by Crippen LogP contribution is -1.92. The Morgan fingerprint density at radius 3 is 2.16 bits per heavy atom. The average molecular weight is 514 g/mol. The summed E-state index contributed by atoms with van der Waals surface area (Å²) in [6, 6.07) is 8.04. The van der Waals surface area contributed by atoms with Crippen LogP contribution in [0.15, 0.2) is 42.2 Å². The Bertz CT molecular complexity index is 615. The second-order valence-electron chi connectivity index (χ2n) is 4.19. The fourth-order valence-corrected chi connectivity index (χ4v) is 4.00. The Kier molecular flexibility index (Phi) is 5.15. The van der Waals surface area contributed by atoms with Gasteiger partial charge in [0.2, 0.25) is 0 Å². The zero-order valence-electron chi connectivity index (χ0n) is 10.2. The molecule has 0 bridgehead atoms. The van der Waals surface area contributed by atoms with Gasteiger partial charge >= 0.3 is 0 Å². The van der Waals surface area contributed by atoms with Crippen LogP contribution in [-0.2, 0) is 0 Å². The average Bonchev–Trinajstić information content (AvgIpc) is 2.29. The van der Waals surface area contributed by atoms with Crippen LogP contribution in [0.5, 0.6) is 11.5 Å². The normalized spacial score (nSPS) is 10.6. The first-order valence-corrected chi connectivity index (χ1v) is 8.65. The highest BCUT2D eigenvalue weighted by Gasteiger charge is 2.12. The van der Waals surface area contributed by atoms with Crippen molar-refractivity contribution >= 4 is 63.7 Å². The zero-order valence-corrected chi connectivity index (χ0v) is 16.6. The van der Waals surface area contributed by atoms with Gasteiger partial charge in [-0.05, 0) is 91.0 Å². The van der Waals surface area contributed by atoms with Gasteiger partial charge in [0, 0.05) is 8.95 Å². The second kappa shape index (κ2) is 6.29. The molecule has 5 heteroatoms. The highest BCUT2D eigenvalue weighted by molar-refractivity contribution is 9.13. The van der Waals surface area contributed by atoms with E-state index in [1.54, 1.807) is 0 Å². The summed E-state index contributed by atoms with van der Waals surface area (Å²) in [6.07, 6.45) is 0. The molecule has 0 atom stereocenters. The number of rotatable bonds is 2. The van der Waals surface area contributed by atoms with Gasteiger partial charge in [-0.3, -0.25) is 0 Å². The van der Waals surface area contributed by atoms with E-state index in [2.05, 4.69) is 76.7 Å². The van der Waals surface area contributed by atoms with Crippen molar-refractivity contribution in [3.8, 4) is 11.5 Å². The van der Waals surface area contributed by atoms with Crippen molar-refractivity contribution in [3.63, 3.8) is 0 Å². The number of hydrogen-bond donors (Lipinski definition) is 0. The predicted octanol–water partition coefficient (Wildman–Crippen LogP) is 7.15. The number of aryl methyl sites for hydroxylation is 2. The van der Waals surface area contributed by atoms with E-state index < -0.39 is 0 Å². The summed E-state index contributed by atoms with van der Waals surface area (Å²) in [5.74, 6) is 1.59. The minimum absolute atomic E-state index is 0.758. The summed E-state index contributed by atoms with van der Waals surface area (Å²) in [5, 5.41) is 0. The van der Waals surface area contributed by atoms with Gasteiger partial charge in [0.05, 0.1) is 8.95 Å². The molecule has 0 fully saturated rings. The quantitative estimate of drug-likeness (QED) is 0.388. The van der Waals surface area contributed by atoms with E-state index in [9.17, 15) is 0 Å². The van der Waals surface area contributed by atoms with Gasteiger partial charge in [0.1, 0.15) is 11.5 Å². The third-order valence-corrected chi connectivity index (χ3v) is 5.57. The molecule has 0 saturated heterocycles. The highest BCUT2D eigenvalue weighted by Crippen LogP contribution is 2.41. The molecule has 0 aliphatic heterocycles. The molecule has 19 heavy (non-hydrogen) atoms. The van der Waals surface area contributed by atoms with Gasteiger partial charge in [0.15, 0.2) is 0 Å². The first-order chi connectivity index (χ1) is 8.88. The van der Waals surface area contributed by atoms with Crippen LogP contribution in [0.1, 0.15) is 11.1 Å². The summed E-state index contributed by atoms with van der Waals surface area (Å²) >= 11 is 14.0.